The summed E-state index contributed by atoms with van der Waals surface area (Å²) >= 11 is 0. The monoisotopic (exact) mass is 390 g/mol. The summed E-state index contributed by atoms with van der Waals surface area (Å²) in [6.07, 6.45) is 9.44. The maximum atomic E-state index is 13.1. The van der Waals surface area contributed by atoms with Gasteiger partial charge in [0.2, 0.25) is 10.0 Å². The third-order valence-electron chi connectivity index (χ3n) is 7.11. The van der Waals surface area contributed by atoms with Gasteiger partial charge in [-0.25, -0.2) is 8.42 Å². The second-order valence-electron chi connectivity index (χ2n) is 8.67. The SMILES string of the molecule is O=S(=O)(c1ccc2c(c1)[C@H]1OCC[C@H]1[C@@H](C1CCCC1)N2)N1CCCCC1. The molecule has 0 bridgehead atoms. The third kappa shape index (κ3) is 3.10. The average Bonchev–Trinajstić information content (AvgIpc) is 3.40. The first-order chi connectivity index (χ1) is 13.1. The van der Waals surface area contributed by atoms with Crippen molar-refractivity contribution < 1.29 is 13.2 Å². The Morgan fingerprint density at radius 2 is 1.78 bits per heavy atom. The lowest BCUT2D eigenvalue weighted by Crippen LogP contribution is -2.41. The van der Waals surface area contributed by atoms with E-state index < -0.39 is 10.0 Å². The number of rotatable bonds is 3. The van der Waals surface area contributed by atoms with Crippen LogP contribution in [0.25, 0.3) is 0 Å². The van der Waals surface area contributed by atoms with Crippen LogP contribution in [-0.2, 0) is 14.8 Å². The van der Waals surface area contributed by atoms with Gasteiger partial charge >= 0.3 is 0 Å². The predicted octanol–water partition coefficient (Wildman–Crippen LogP) is 3.92. The summed E-state index contributed by atoms with van der Waals surface area (Å²) in [6, 6.07) is 6.13. The van der Waals surface area contributed by atoms with Crippen LogP contribution in [0.3, 0.4) is 0 Å². The molecule has 3 aliphatic heterocycles. The summed E-state index contributed by atoms with van der Waals surface area (Å²) < 4.78 is 34.0. The molecule has 3 atom stereocenters. The zero-order valence-corrected chi connectivity index (χ0v) is 16.7. The summed E-state index contributed by atoms with van der Waals surface area (Å²) in [5.74, 6) is 1.19. The van der Waals surface area contributed by atoms with E-state index in [-0.39, 0.29) is 6.10 Å². The second-order valence-corrected chi connectivity index (χ2v) is 10.6. The van der Waals surface area contributed by atoms with E-state index in [1.54, 1.807) is 10.4 Å². The molecule has 3 fully saturated rings. The molecule has 6 heteroatoms. The molecule has 3 heterocycles. The van der Waals surface area contributed by atoms with Crippen molar-refractivity contribution in [2.24, 2.45) is 11.8 Å². The first kappa shape index (κ1) is 18.0. The number of hydrogen-bond donors (Lipinski definition) is 1. The zero-order chi connectivity index (χ0) is 18.4. The number of sulfonamides is 1. The quantitative estimate of drug-likeness (QED) is 0.850. The van der Waals surface area contributed by atoms with Crippen molar-refractivity contribution in [3.05, 3.63) is 23.8 Å². The number of hydrogen-bond acceptors (Lipinski definition) is 4. The second kappa shape index (κ2) is 7.05. The molecule has 5 nitrogen and oxygen atoms in total. The standard InChI is InChI=1S/C21H30N2O3S/c24-27(25,23-11-4-1-5-12-23)16-8-9-19-18(14-16)21-17(10-13-26-21)20(22-19)15-6-2-3-7-15/h8-9,14-15,17,20-22H,1-7,10-13H2/t17-,20+,21-/m0/s1. The number of anilines is 1. The van der Waals surface area contributed by atoms with Gasteiger partial charge in [-0.2, -0.15) is 4.31 Å². The molecule has 1 N–H and O–H groups in total. The van der Waals surface area contributed by atoms with Crippen LogP contribution in [-0.4, -0.2) is 38.5 Å². The van der Waals surface area contributed by atoms with Gasteiger partial charge in [-0.15, -0.1) is 0 Å². The molecule has 2 saturated heterocycles. The average molecular weight is 391 g/mol. The van der Waals surface area contributed by atoms with Crippen molar-refractivity contribution in [1.29, 1.82) is 0 Å². The topological polar surface area (TPSA) is 58.6 Å². The Hall–Kier alpha value is -1.11. The molecule has 27 heavy (non-hydrogen) atoms. The summed E-state index contributed by atoms with van der Waals surface area (Å²) in [6.45, 7) is 2.07. The fraction of sp³-hybridized carbons (Fsp3) is 0.714. The van der Waals surface area contributed by atoms with Crippen LogP contribution in [0.2, 0.25) is 0 Å². The van der Waals surface area contributed by atoms with E-state index in [2.05, 4.69) is 5.32 Å². The molecule has 0 unspecified atom stereocenters. The van der Waals surface area contributed by atoms with Gasteiger partial charge in [-0.05, 0) is 56.2 Å². The highest BCUT2D eigenvalue weighted by molar-refractivity contribution is 7.89. The molecule has 1 saturated carbocycles. The molecule has 1 aromatic carbocycles. The minimum atomic E-state index is -3.40. The Morgan fingerprint density at radius 1 is 1.00 bits per heavy atom. The van der Waals surface area contributed by atoms with Gasteiger partial charge in [0.1, 0.15) is 0 Å². The Labute approximate surface area is 162 Å². The van der Waals surface area contributed by atoms with E-state index in [1.165, 1.54) is 25.7 Å². The largest absolute Gasteiger partial charge is 0.381 e. The normalized spacial score (nSPS) is 32.1. The smallest absolute Gasteiger partial charge is 0.243 e. The van der Waals surface area contributed by atoms with E-state index in [9.17, 15) is 8.42 Å². The van der Waals surface area contributed by atoms with E-state index in [0.29, 0.717) is 29.9 Å². The lowest BCUT2D eigenvalue weighted by Gasteiger charge is -2.39. The van der Waals surface area contributed by atoms with Crippen LogP contribution in [0.1, 0.15) is 63.0 Å². The van der Waals surface area contributed by atoms with E-state index in [0.717, 1.165) is 49.5 Å². The molecule has 1 aromatic rings. The van der Waals surface area contributed by atoms with E-state index in [4.69, 9.17) is 4.74 Å². The van der Waals surface area contributed by atoms with Gasteiger partial charge in [-0.1, -0.05) is 19.3 Å². The van der Waals surface area contributed by atoms with Crippen molar-refractivity contribution in [1.82, 2.24) is 4.31 Å². The first-order valence-corrected chi connectivity index (χ1v) is 12.1. The molecular weight excluding hydrogens is 360 g/mol. The van der Waals surface area contributed by atoms with Crippen molar-refractivity contribution in [2.45, 2.75) is 68.4 Å². The van der Waals surface area contributed by atoms with E-state index >= 15 is 0 Å². The fourth-order valence-corrected chi connectivity index (χ4v) is 7.24. The zero-order valence-electron chi connectivity index (χ0n) is 15.9. The molecule has 5 rings (SSSR count). The van der Waals surface area contributed by atoms with Gasteiger partial charge in [0.25, 0.3) is 0 Å². The predicted molar refractivity (Wildman–Crippen MR) is 105 cm³/mol. The number of benzene rings is 1. The van der Waals surface area contributed by atoms with Crippen LogP contribution in [0.15, 0.2) is 23.1 Å². The number of ether oxygens (including phenoxy) is 1. The lowest BCUT2D eigenvalue weighted by atomic mass is 9.78. The van der Waals surface area contributed by atoms with Crippen LogP contribution in [0.5, 0.6) is 0 Å². The third-order valence-corrected chi connectivity index (χ3v) is 9.01. The minimum absolute atomic E-state index is 0.0448. The molecule has 0 aromatic heterocycles. The van der Waals surface area contributed by atoms with Gasteiger partial charge < -0.3 is 10.1 Å². The molecular formula is C21H30N2O3S. The summed E-state index contributed by atoms with van der Waals surface area (Å²) in [5, 5.41) is 3.78. The lowest BCUT2D eigenvalue weighted by molar-refractivity contribution is 0.0765. The highest BCUT2D eigenvalue weighted by atomic mass is 32.2. The van der Waals surface area contributed by atoms with Gasteiger partial charge in [0.15, 0.2) is 0 Å². The Balaban J connectivity index is 1.47. The number of piperidine rings is 1. The molecule has 0 radical (unpaired) electrons. The Morgan fingerprint density at radius 3 is 2.56 bits per heavy atom. The van der Waals surface area contributed by atoms with Gasteiger partial charge in [-0.3, -0.25) is 0 Å². The Kier molecular flexibility index (Phi) is 4.69. The van der Waals surface area contributed by atoms with Crippen LogP contribution in [0.4, 0.5) is 5.69 Å². The number of nitrogens with one attached hydrogen (secondary N) is 1. The van der Waals surface area contributed by atoms with Crippen molar-refractivity contribution >= 4 is 15.7 Å². The molecule has 1 aliphatic carbocycles. The van der Waals surface area contributed by atoms with Gasteiger partial charge in [0.05, 0.1) is 11.0 Å². The highest BCUT2D eigenvalue weighted by Crippen LogP contribution is 2.49. The van der Waals surface area contributed by atoms with Crippen LogP contribution < -0.4 is 5.32 Å². The summed E-state index contributed by atoms with van der Waals surface area (Å²) in [5.41, 5.74) is 2.12. The number of fused-ring (bicyclic) bond motifs is 3. The van der Waals surface area contributed by atoms with Crippen LogP contribution in [0, 0.1) is 11.8 Å². The van der Waals surface area contributed by atoms with Gasteiger partial charge in [0, 0.05) is 42.9 Å². The molecule has 0 spiro atoms. The Bertz CT molecular complexity index is 798. The maximum absolute atomic E-state index is 13.1. The van der Waals surface area contributed by atoms with Crippen molar-refractivity contribution in [3.8, 4) is 0 Å². The summed E-state index contributed by atoms with van der Waals surface area (Å²) in [7, 11) is -3.40. The molecule has 4 aliphatic rings. The highest BCUT2D eigenvalue weighted by Gasteiger charge is 2.44. The first-order valence-electron chi connectivity index (χ1n) is 10.7. The fourth-order valence-electron chi connectivity index (χ4n) is 5.69. The number of nitrogens with zero attached hydrogens (tertiary/aromatic N) is 1. The van der Waals surface area contributed by atoms with E-state index in [1.807, 2.05) is 12.1 Å². The summed E-state index contributed by atoms with van der Waals surface area (Å²) in [4.78, 5) is 0.429. The van der Waals surface area contributed by atoms with Crippen LogP contribution >= 0.6 is 0 Å². The van der Waals surface area contributed by atoms with Crippen molar-refractivity contribution in [3.63, 3.8) is 0 Å². The maximum Gasteiger partial charge on any atom is 0.243 e. The minimum Gasteiger partial charge on any atom is -0.381 e. The molecule has 0 amide bonds. The molecule has 148 valence electrons. The van der Waals surface area contributed by atoms with Crippen molar-refractivity contribution in [2.75, 3.05) is 25.0 Å².